The van der Waals surface area contributed by atoms with Crippen LogP contribution >= 0.6 is 11.6 Å². The molecule has 2 aliphatic heterocycles. The fraction of sp³-hybridized carbons (Fsp3) is 0.680. The lowest BCUT2D eigenvalue weighted by atomic mass is 9.42. The van der Waals surface area contributed by atoms with Gasteiger partial charge in [0, 0.05) is 35.7 Å². The van der Waals surface area contributed by atoms with Crippen LogP contribution in [-0.2, 0) is 22.4 Å². The van der Waals surface area contributed by atoms with Crippen molar-refractivity contribution in [3.8, 4) is 11.5 Å². The van der Waals surface area contributed by atoms with Crippen molar-refractivity contribution in [2.45, 2.75) is 90.4 Å². The van der Waals surface area contributed by atoms with Gasteiger partial charge in [-0.3, -0.25) is 4.79 Å². The summed E-state index contributed by atoms with van der Waals surface area (Å²) in [6.07, 6.45) is 2.62. The van der Waals surface area contributed by atoms with Gasteiger partial charge in [-0.15, -0.1) is 0 Å². The van der Waals surface area contributed by atoms with Crippen molar-refractivity contribution in [3.05, 3.63) is 21.7 Å². The van der Waals surface area contributed by atoms with Gasteiger partial charge in [0.25, 0.3) is 0 Å². The molecule has 0 radical (unpaired) electrons. The molecule has 7 heteroatoms. The number of phenols is 1. The van der Waals surface area contributed by atoms with Gasteiger partial charge in [-0.05, 0) is 44.6 Å². The summed E-state index contributed by atoms with van der Waals surface area (Å²) in [5.41, 5.74) is -1.93. The normalized spacial score (nSPS) is 39.7. The van der Waals surface area contributed by atoms with Gasteiger partial charge in [0.15, 0.2) is 5.75 Å². The van der Waals surface area contributed by atoms with Gasteiger partial charge < -0.3 is 19.7 Å². The molecule has 2 fully saturated rings. The van der Waals surface area contributed by atoms with Gasteiger partial charge in [-0.2, -0.15) is 0 Å². The summed E-state index contributed by atoms with van der Waals surface area (Å²) in [6, 6.07) is 0. The molecule has 0 amide bonds. The highest BCUT2D eigenvalue weighted by molar-refractivity contribution is 6.34. The summed E-state index contributed by atoms with van der Waals surface area (Å²) in [5.74, 6) is -0.336. The van der Waals surface area contributed by atoms with Crippen molar-refractivity contribution in [2.75, 3.05) is 0 Å². The van der Waals surface area contributed by atoms with Gasteiger partial charge in [0.1, 0.15) is 39.4 Å². The number of carbonyl (C=O) groups excluding carboxylic acids is 2. The molecule has 5 atom stereocenters. The number of aliphatic hydroxyl groups is 1. The number of phenolic OH excluding ortho intramolecular Hbond substituents is 1. The van der Waals surface area contributed by atoms with Crippen LogP contribution in [0.15, 0.2) is 0 Å². The number of ketones is 1. The zero-order chi connectivity index (χ0) is 23.4. The summed E-state index contributed by atoms with van der Waals surface area (Å²) in [6.45, 7) is 9.78. The number of ether oxygens (including phenoxy) is 2. The van der Waals surface area contributed by atoms with E-state index in [0.29, 0.717) is 42.6 Å². The topological polar surface area (TPSA) is 93.1 Å². The van der Waals surface area contributed by atoms with Crippen LogP contribution < -0.4 is 4.74 Å². The highest BCUT2D eigenvalue weighted by Gasteiger charge is 2.70. The van der Waals surface area contributed by atoms with Gasteiger partial charge in [0.05, 0.1) is 0 Å². The first-order valence-electron chi connectivity index (χ1n) is 11.5. The molecular formula is C25H31ClO6. The Bertz CT molecular complexity index is 1060. The van der Waals surface area contributed by atoms with Gasteiger partial charge in [-0.25, -0.2) is 4.79 Å². The second-order valence-electron chi connectivity index (χ2n) is 11.3. The molecule has 2 heterocycles. The van der Waals surface area contributed by atoms with Crippen LogP contribution in [-0.4, -0.2) is 39.3 Å². The lowest BCUT2D eigenvalue weighted by molar-refractivity contribution is -0.263. The van der Waals surface area contributed by atoms with Crippen molar-refractivity contribution >= 4 is 23.4 Å². The van der Waals surface area contributed by atoms with E-state index in [1.807, 2.05) is 20.8 Å². The zero-order valence-electron chi connectivity index (χ0n) is 19.3. The largest absolute Gasteiger partial charge is 0.505 e. The van der Waals surface area contributed by atoms with Crippen LogP contribution in [0.2, 0.25) is 5.02 Å². The third-order valence-corrected chi connectivity index (χ3v) is 9.66. The molecule has 2 saturated carbocycles. The second kappa shape index (κ2) is 6.41. The Labute approximate surface area is 193 Å². The third kappa shape index (κ3) is 2.46. The fourth-order valence-electron chi connectivity index (χ4n) is 7.36. The maximum atomic E-state index is 12.8. The average molecular weight is 463 g/mol. The first-order valence-corrected chi connectivity index (χ1v) is 11.9. The molecule has 1 aromatic rings. The van der Waals surface area contributed by atoms with E-state index in [2.05, 4.69) is 6.92 Å². The molecule has 2 N–H and O–H groups in total. The minimum Gasteiger partial charge on any atom is -0.505 e. The molecule has 0 spiro atoms. The molecule has 6 nitrogen and oxygen atoms in total. The van der Waals surface area contributed by atoms with Gasteiger partial charge in [-0.1, -0.05) is 32.4 Å². The number of Topliss-reactive ketones (excluding diaryl/α,β-unsaturated/α-hetero) is 1. The van der Waals surface area contributed by atoms with E-state index in [0.717, 1.165) is 6.42 Å². The highest BCUT2D eigenvalue weighted by atomic mass is 35.5. The number of benzene rings is 1. The molecule has 0 bridgehead atoms. The zero-order valence-corrected chi connectivity index (χ0v) is 20.1. The second-order valence-corrected chi connectivity index (χ2v) is 11.6. The monoisotopic (exact) mass is 462 g/mol. The fourth-order valence-corrected chi connectivity index (χ4v) is 7.61. The smallest absolute Gasteiger partial charge is 0.342 e. The van der Waals surface area contributed by atoms with Crippen LogP contribution in [0.25, 0.3) is 0 Å². The Morgan fingerprint density at radius 3 is 2.47 bits per heavy atom. The Kier molecular flexibility index (Phi) is 4.41. The molecule has 32 heavy (non-hydrogen) atoms. The number of hydrogen-bond acceptors (Lipinski definition) is 6. The number of esters is 1. The summed E-state index contributed by atoms with van der Waals surface area (Å²) < 4.78 is 11.8. The predicted octanol–water partition coefficient (Wildman–Crippen LogP) is 4.38. The molecule has 0 aromatic heterocycles. The SMILES string of the molecule is C[C@@H]1Cc2c3c(c(Cl)c(O)c2C(=O)O1)O[C@]1(C)CC[C@H]2C(C)(C)C(=O)CC[C@]2(C)[C@@]1(O)C3. The Hall–Kier alpha value is -1.79. The average Bonchev–Trinajstić information content (AvgIpc) is 2.69. The predicted molar refractivity (Wildman–Crippen MR) is 118 cm³/mol. The number of fused-ring (bicyclic) bond motifs is 6. The minimum absolute atomic E-state index is 0.00628. The van der Waals surface area contributed by atoms with E-state index in [-0.39, 0.29) is 40.6 Å². The molecular weight excluding hydrogens is 432 g/mol. The number of carbonyl (C=O) groups is 2. The number of cyclic esters (lactones) is 1. The van der Waals surface area contributed by atoms with Crippen molar-refractivity contribution in [3.63, 3.8) is 0 Å². The summed E-state index contributed by atoms with van der Waals surface area (Å²) in [7, 11) is 0. The molecule has 5 rings (SSSR count). The summed E-state index contributed by atoms with van der Waals surface area (Å²) >= 11 is 6.52. The van der Waals surface area contributed by atoms with E-state index in [1.165, 1.54) is 0 Å². The Balaban J connectivity index is 1.72. The first-order chi connectivity index (χ1) is 14.8. The standard InChI is InChI=1S/C25H31ClO6/c1-12-10-13-14-11-25(30)23(4)8-7-16(27)22(2,3)15(23)6-9-24(25,5)32-20(14)18(26)19(28)17(13)21(29)31-12/h12,15,28,30H,6-11H2,1-5H3/t12-,15+,23+,24-,25+/m1/s1. The van der Waals surface area contributed by atoms with E-state index in [1.54, 1.807) is 6.92 Å². The molecule has 1 aromatic carbocycles. The number of aromatic hydroxyl groups is 1. The van der Waals surface area contributed by atoms with Crippen LogP contribution in [0.4, 0.5) is 0 Å². The van der Waals surface area contributed by atoms with Crippen LogP contribution in [0.3, 0.4) is 0 Å². The number of hydrogen-bond donors (Lipinski definition) is 2. The van der Waals surface area contributed by atoms with E-state index < -0.39 is 28.0 Å². The summed E-state index contributed by atoms with van der Waals surface area (Å²) in [5, 5.41) is 23.2. The lowest BCUT2D eigenvalue weighted by Crippen LogP contribution is -2.74. The van der Waals surface area contributed by atoms with Gasteiger partial charge >= 0.3 is 5.97 Å². The van der Waals surface area contributed by atoms with E-state index in [4.69, 9.17) is 21.1 Å². The maximum Gasteiger partial charge on any atom is 0.342 e. The Morgan fingerprint density at radius 1 is 1.09 bits per heavy atom. The van der Waals surface area contributed by atoms with Crippen LogP contribution in [0.5, 0.6) is 11.5 Å². The molecule has 2 aliphatic carbocycles. The maximum absolute atomic E-state index is 12.8. The van der Waals surface area contributed by atoms with Crippen LogP contribution in [0, 0.1) is 16.7 Å². The quantitative estimate of drug-likeness (QED) is 0.556. The van der Waals surface area contributed by atoms with E-state index in [9.17, 15) is 19.8 Å². The molecule has 0 saturated heterocycles. The first kappa shape index (κ1) is 22.0. The van der Waals surface area contributed by atoms with Crippen molar-refractivity contribution < 1.29 is 29.3 Å². The highest BCUT2D eigenvalue weighted by Crippen LogP contribution is 2.66. The van der Waals surface area contributed by atoms with Crippen LogP contribution in [0.1, 0.15) is 81.8 Å². The molecule has 174 valence electrons. The van der Waals surface area contributed by atoms with Gasteiger partial charge in [0.2, 0.25) is 0 Å². The van der Waals surface area contributed by atoms with Crippen molar-refractivity contribution in [1.82, 2.24) is 0 Å². The Morgan fingerprint density at radius 2 is 1.78 bits per heavy atom. The minimum atomic E-state index is -1.27. The molecule has 4 aliphatic rings. The number of halogens is 1. The lowest BCUT2D eigenvalue weighted by Gasteiger charge is -2.66. The van der Waals surface area contributed by atoms with E-state index >= 15 is 0 Å². The van der Waals surface area contributed by atoms with Crippen molar-refractivity contribution in [1.29, 1.82) is 0 Å². The number of rotatable bonds is 0. The molecule has 0 unspecified atom stereocenters. The van der Waals surface area contributed by atoms with Crippen molar-refractivity contribution in [2.24, 2.45) is 16.7 Å². The summed E-state index contributed by atoms with van der Waals surface area (Å²) in [4.78, 5) is 25.4. The third-order valence-electron chi connectivity index (χ3n) is 9.31.